The second-order valence-electron chi connectivity index (χ2n) is 4.85. The van der Waals surface area contributed by atoms with E-state index in [1.165, 1.54) is 31.4 Å². The highest BCUT2D eigenvalue weighted by atomic mass is 35.5. The van der Waals surface area contributed by atoms with Crippen molar-refractivity contribution >= 4 is 33.0 Å². The highest BCUT2D eigenvalue weighted by molar-refractivity contribution is 7.92. The molecule has 0 saturated heterocycles. The van der Waals surface area contributed by atoms with E-state index in [1.54, 1.807) is 6.07 Å². The maximum atomic E-state index is 12.5. The number of sulfonamides is 1. The van der Waals surface area contributed by atoms with E-state index in [4.69, 9.17) is 16.3 Å². The maximum Gasteiger partial charge on any atom is 0.271 e. The van der Waals surface area contributed by atoms with Gasteiger partial charge in [0.05, 0.1) is 27.6 Å². The van der Waals surface area contributed by atoms with E-state index in [0.29, 0.717) is 12.2 Å². The number of hydrogen-bond donors (Lipinski definition) is 1. The van der Waals surface area contributed by atoms with E-state index in [1.807, 2.05) is 6.92 Å². The molecule has 2 aromatic carbocycles. The third-order valence-electron chi connectivity index (χ3n) is 3.35. The van der Waals surface area contributed by atoms with Crippen LogP contribution in [0.3, 0.4) is 0 Å². The molecule has 0 amide bonds. The third kappa shape index (κ3) is 3.77. The van der Waals surface area contributed by atoms with Crippen LogP contribution in [0.2, 0.25) is 5.02 Å². The van der Waals surface area contributed by atoms with E-state index in [-0.39, 0.29) is 21.3 Å². The van der Waals surface area contributed by atoms with Gasteiger partial charge in [0.2, 0.25) is 0 Å². The molecule has 0 atom stereocenters. The normalized spacial score (nSPS) is 11.1. The van der Waals surface area contributed by atoms with Crippen molar-refractivity contribution in [1.29, 1.82) is 0 Å². The Morgan fingerprint density at radius 2 is 1.96 bits per heavy atom. The van der Waals surface area contributed by atoms with Crippen LogP contribution in [0, 0.1) is 10.1 Å². The molecule has 0 heterocycles. The van der Waals surface area contributed by atoms with E-state index in [9.17, 15) is 18.5 Å². The first-order valence-corrected chi connectivity index (χ1v) is 8.78. The smallest absolute Gasteiger partial charge is 0.271 e. The van der Waals surface area contributed by atoms with E-state index < -0.39 is 14.9 Å². The lowest BCUT2D eigenvalue weighted by Crippen LogP contribution is -2.14. The number of aryl methyl sites for hydroxylation is 1. The number of rotatable bonds is 6. The van der Waals surface area contributed by atoms with Crippen molar-refractivity contribution in [2.45, 2.75) is 18.2 Å². The van der Waals surface area contributed by atoms with Crippen molar-refractivity contribution in [3.8, 4) is 5.75 Å². The standard InChI is InChI=1S/C15H15ClN2O5S/c1-3-10-8-12(5-7-15(10)23-2)24(21,22)17-14-9-11(18(19)20)4-6-13(14)16/h4-9,17H,3H2,1-2H3. The van der Waals surface area contributed by atoms with Crippen molar-refractivity contribution in [2.75, 3.05) is 11.8 Å². The number of nitro benzene ring substituents is 1. The van der Waals surface area contributed by atoms with Crippen LogP contribution in [0.25, 0.3) is 0 Å². The van der Waals surface area contributed by atoms with Crippen molar-refractivity contribution < 1.29 is 18.1 Å². The van der Waals surface area contributed by atoms with Gasteiger partial charge in [0.25, 0.3) is 15.7 Å². The number of methoxy groups -OCH3 is 1. The number of non-ortho nitro benzene ring substituents is 1. The summed E-state index contributed by atoms with van der Waals surface area (Å²) in [5, 5.41) is 10.9. The average Bonchev–Trinajstić information content (AvgIpc) is 2.55. The largest absolute Gasteiger partial charge is 0.496 e. The molecule has 24 heavy (non-hydrogen) atoms. The van der Waals surface area contributed by atoms with Crippen LogP contribution in [0.5, 0.6) is 5.75 Å². The van der Waals surface area contributed by atoms with Gasteiger partial charge in [-0.05, 0) is 36.2 Å². The predicted octanol–water partition coefficient (Wildman–Crippen LogP) is 3.62. The molecule has 2 aromatic rings. The molecule has 128 valence electrons. The van der Waals surface area contributed by atoms with E-state index in [0.717, 1.165) is 11.6 Å². The second kappa shape index (κ2) is 7.06. The van der Waals surface area contributed by atoms with Gasteiger partial charge in [-0.2, -0.15) is 0 Å². The molecular formula is C15H15ClN2O5S. The van der Waals surface area contributed by atoms with Gasteiger partial charge in [0.1, 0.15) is 5.75 Å². The van der Waals surface area contributed by atoms with Crippen LogP contribution in [-0.4, -0.2) is 20.5 Å². The zero-order valence-electron chi connectivity index (χ0n) is 12.9. The molecular weight excluding hydrogens is 356 g/mol. The Hall–Kier alpha value is -2.32. The minimum atomic E-state index is -3.95. The fourth-order valence-electron chi connectivity index (χ4n) is 2.11. The summed E-state index contributed by atoms with van der Waals surface area (Å²) < 4.78 is 32.5. The molecule has 0 fully saturated rings. The number of anilines is 1. The number of hydrogen-bond acceptors (Lipinski definition) is 5. The number of nitro groups is 1. The number of nitrogens with one attached hydrogen (secondary N) is 1. The van der Waals surface area contributed by atoms with E-state index in [2.05, 4.69) is 4.72 Å². The van der Waals surface area contributed by atoms with Gasteiger partial charge in [-0.1, -0.05) is 18.5 Å². The SMILES string of the molecule is CCc1cc(S(=O)(=O)Nc2cc([N+](=O)[O-])ccc2Cl)ccc1OC. The summed E-state index contributed by atoms with van der Waals surface area (Å²) in [5.41, 5.74) is 0.409. The molecule has 0 aliphatic carbocycles. The topological polar surface area (TPSA) is 98.5 Å². The minimum absolute atomic E-state index is 0.0164. The lowest BCUT2D eigenvalue weighted by molar-refractivity contribution is -0.384. The fourth-order valence-corrected chi connectivity index (χ4v) is 3.45. The van der Waals surface area contributed by atoms with Crippen molar-refractivity contribution in [1.82, 2.24) is 0 Å². The van der Waals surface area contributed by atoms with Crippen LogP contribution >= 0.6 is 11.6 Å². The molecule has 0 saturated carbocycles. The summed E-state index contributed by atoms with van der Waals surface area (Å²) >= 11 is 5.93. The fraction of sp³-hybridized carbons (Fsp3) is 0.200. The summed E-state index contributed by atoms with van der Waals surface area (Å²) in [6.07, 6.45) is 0.587. The summed E-state index contributed by atoms with van der Waals surface area (Å²) in [6, 6.07) is 7.98. The van der Waals surface area contributed by atoms with Gasteiger partial charge in [-0.25, -0.2) is 8.42 Å². The number of nitrogens with zero attached hydrogens (tertiary/aromatic N) is 1. The molecule has 0 aromatic heterocycles. The molecule has 0 spiro atoms. The molecule has 0 aliphatic heterocycles. The Balaban J connectivity index is 2.42. The molecule has 0 bridgehead atoms. The van der Waals surface area contributed by atoms with Gasteiger partial charge in [0, 0.05) is 12.1 Å². The summed E-state index contributed by atoms with van der Waals surface area (Å²) in [4.78, 5) is 10.2. The van der Waals surface area contributed by atoms with Gasteiger partial charge >= 0.3 is 0 Å². The van der Waals surface area contributed by atoms with E-state index >= 15 is 0 Å². The molecule has 7 nitrogen and oxygen atoms in total. The summed E-state index contributed by atoms with van der Waals surface area (Å²) in [6.45, 7) is 1.87. The van der Waals surface area contributed by atoms with Crippen LogP contribution in [0.15, 0.2) is 41.3 Å². The third-order valence-corrected chi connectivity index (χ3v) is 5.04. The number of benzene rings is 2. The lowest BCUT2D eigenvalue weighted by Gasteiger charge is -2.12. The molecule has 0 radical (unpaired) electrons. The Bertz CT molecular complexity index is 883. The Labute approximate surface area is 144 Å². The number of halogens is 1. The van der Waals surface area contributed by atoms with Crippen molar-refractivity contribution in [3.05, 3.63) is 57.1 Å². The molecule has 0 unspecified atom stereocenters. The van der Waals surface area contributed by atoms with Crippen molar-refractivity contribution in [2.24, 2.45) is 0 Å². The van der Waals surface area contributed by atoms with Crippen LogP contribution in [0.4, 0.5) is 11.4 Å². The van der Waals surface area contributed by atoms with Gasteiger partial charge < -0.3 is 4.74 Å². The van der Waals surface area contributed by atoms with Gasteiger partial charge in [-0.15, -0.1) is 0 Å². The average molecular weight is 371 g/mol. The minimum Gasteiger partial charge on any atom is -0.496 e. The van der Waals surface area contributed by atoms with Crippen LogP contribution < -0.4 is 9.46 Å². The Morgan fingerprint density at radius 3 is 2.54 bits per heavy atom. The first kappa shape index (κ1) is 18.0. The monoisotopic (exact) mass is 370 g/mol. The highest BCUT2D eigenvalue weighted by Gasteiger charge is 2.19. The van der Waals surface area contributed by atoms with Gasteiger partial charge in [0.15, 0.2) is 0 Å². The van der Waals surface area contributed by atoms with Crippen molar-refractivity contribution in [3.63, 3.8) is 0 Å². The lowest BCUT2D eigenvalue weighted by atomic mass is 10.1. The molecule has 0 aliphatic rings. The predicted molar refractivity (Wildman–Crippen MR) is 91.3 cm³/mol. The van der Waals surface area contributed by atoms with Crippen LogP contribution in [-0.2, 0) is 16.4 Å². The first-order valence-electron chi connectivity index (χ1n) is 6.92. The summed E-state index contributed by atoms with van der Waals surface area (Å²) in [7, 11) is -2.44. The van der Waals surface area contributed by atoms with Crippen LogP contribution in [0.1, 0.15) is 12.5 Å². The molecule has 2 rings (SSSR count). The first-order chi connectivity index (χ1) is 11.3. The van der Waals surface area contributed by atoms with Gasteiger partial charge in [-0.3, -0.25) is 14.8 Å². The molecule has 9 heteroatoms. The Kier molecular flexibility index (Phi) is 5.30. The Morgan fingerprint density at radius 1 is 1.25 bits per heavy atom. The highest BCUT2D eigenvalue weighted by Crippen LogP contribution is 2.30. The quantitative estimate of drug-likeness (QED) is 0.618. The zero-order chi connectivity index (χ0) is 17.9. The number of ether oxygens (including phenoxy) is 1. The maximum absolute atomic E-state index is 12.5. The summed E-state index contributed by atoms with van der Waals surface area (Å²) in [5.74, 6) is 0.588. The second-order valence-corrected chi connectivity index (χ2v) is 6.94. The zero-order valence-corrected chi connectivity index (χ0v) is 14.5. The molecule has 1 N–H and O–H groups in total.